The van der Waals surface area contributed by atoms with E-state index in [0.717, 1.165) is 12.2 Å². The highest BCUT2D eigenvalue weighted by Crippen LogP contribution is 2.02. The number of nitrogens with one attached hydrogen (secondary N) is 1. The zero-order valence-corrected chi connectivity index (χ0v) is 5.72. The lowest BCUT2D eigenvalue weighted by atomic mass is 10.3. The largest absolute Gasteiger partial charge is 0.382 e. The fourth-order valence-electron chi connectivity index (χ4n) is 0.607. The van der Waals surface area contributed by atoms with Crippen molar-refractivity contribution >= 4 is 5.84 Å². The molecular weight excluding hydrogens is 130 g/mol. The van der Waals surface area contributed by atoms with Gasteiger partial charge in [-0.25, -0.2) is 0 Å². The van der Waals surface area contributed by atoms with Gasteiger partial charge in [0.05, 0.1) is 0 Å². The van der Waals surface area contributed by atoms with Gasteiger partial charge in [-0.2, -0.15) is 0 Å². The first kappa shape index (κ1) is 6.80. The van der Waals surface area contributed by atoms with Crippen LogP contribution in [0, 0.1) is 5.41 Å². The molecule has 0 aromatic carbocycles. The summed E-state index contributed by atoms with van der Waals surface area (Å²) in [5, 5.41) is 10.5. The molecule has 0 spiro atoms. The summed E-state index contributed by atoms with van der Waals surface area (Å²) in [6, 6.07) is 1.67. The average molecular weight is 139 g/mol. The van der Waals surface area contributed by atoms with Crippen LogP contribution in [-0.4, -0.2) is 11.0 Å². The fraction of sp³-hybridized carbons (Fsp3) is 0.333. The molecule has 0 atom stereocenters. The van der Waals surface area contributed by atoms with E-state index < -0.39 is 0 Å². The van der Waals surface area contributed by atoms with Crippen LogP contribution < -0.4 is 5.73 Å². The normalized spacial score (nSPS) is 9.70. The van der Waals surface area contributed by atoms with Crippen LogP contribution in [0.5, 0.6) is 0 Å². The lowest BCUT2D eigenvalue weighted by Crippen LogP contribution is -2.10. The van der Waals surface area contributed by atoms with Crippen LogP contribution >= 0.6 is 0 Å². The first-order valence-corrected chi connectivity index (χ1v) is 3.04. The van der Waals surface area contributed by atoms with Crippen molar-refractivity contribution in [1.29, 1.82) is 5.41 Å². The lowest BCUT2D eigenvalue weighted by Gasteiger charge is -1.82. The minimum Gasteiger partial charge on any atom is -0.382 e. The Morgan fingerprint density at radius 2 is 2.60 bits per heavy atom. The average Bonchev–Trinajstić information content (AvgIpc) is 2.34. The monoisotopic (exact) mass is 139 g/mol. The maximum Gasteiger partial charge on any atom is 0.148 e. The van der Waals surface area contributed by atoms with Crippen molar-refractivity contribution in [2.75, 3.05) is 0 Å². The van der Waals surface area contributed by atoms with Crippen LogP contribution in [0.25, 0.3) is 0 Å². The number of rotatable bonds is 2. The number of hydrogen-bond donors (Lipinski definition) is 2. The maximum atomic E-state index is 6.98. The Balaban J connectivity index is 2.88. The van der Waals surface area contributed by atoms with Crippen molar-refractivity contribution in [3.8, 4) is 0 Å². The van der Waals surface area contributed by atoms with E-state index in [2.05, 4.69) is 5.16 Å². The molecule has 0 radical (unpaired) electrons. The molecule has 1 rings (SSSR count). The molecule has 4 heteroatoms. The summed E-state index contributed by atoms with van der Waals surface area (Å²) in [5.74, 6) is 0.702. The van der Waals surface area contributed by atoms with Crippen LogP contribution in [-0.2, 0) is 6.42 Å². The van der Waals surface area contributed by atoms with Gasteiger partial charge in [-0.3, -0.25) is 5.41 Å². The molecule has 3 N–H and O–H groups in total. The van der Waals surface area contributed by atoms with E-state index >= 15 is 0 Å². The van der Waals surface area contributed by atoms with Gasteiger partial charge in [-0.1, -0.05) is 12.1 Å². The van der Waals surface area contributed by atoms with Gasteiger partial charge in [0, 0.05) is 12.5 Å². The smallest absolute Gasteiger partial charge is 0.148 e. The first-order chi connectivity index (χ1) is 4.74. The predicted molar refractivity (Wildman–Crippen MR) is 36.9 cm³/mol. The number of hydrogen-bond acceptors (Lipinski definition) is 3. The van der Waals surface area contributed by atoms with Crippen molar-refractivity contribution in [3.63, 3.8) is 0 Å². The van der Waals surface area contributed by atoms with Gasteiger partial charge in [-0.15, -0.1) is 0 Å². The van der Waals surface area contributed by atoms with E-state index in [-0.39, 0.29) is 5.84 Å². The Labute approximate surface area is 58.5 Å². The molecule has 0 fully saturated rings. The predicted octanol–water partition coefficient (Wildman–Crippen LogP) is 0.521. The first-order valence-electron chi connectivity index (χ1n) is 3.04. The van der Waals surface area contributed by atoms with Crippen LogP contribution in [0.15, 0.2) is 10.6 Å². The van der Waals surface area contributed by atoms with E-state index in [9.17, 15) is 0 Å². The van der Waals surface area contributed by atoms with Gasteiger partial charge in [0.1, 0.15) is 17.3 Å². The highest BCUT2D eigenvalue weighted by atomic mass is 16.5. The number of aromatic nitrogens is 1. The summed E-state index contributed by atoms with van der Waals surface area (Å²) in [4.78, 5) is 0. The summed E-state index contributed by atoms with van der Waals surface area (Å²) in [6.07, 6.45) is 0.778. The number of aryl methyl sites for hydroxylation is 1. The second-order valence-corrected chi connectivity index (χ2v) is 1.95. The molecule has 0 saturated heterocycles. The van der Waals surface area contributed by atoms with Gasteiger partial charge >= 0.3 is 0 Å². The van der Waals surface area contributed by atoms with Crippen LogP contribution in [0.3, 0.4) is 0 Å². The molecule has 0 unspecified atom stereocenters. The minimum atomic E-state index is -0.0524. The topological polar surface area (TPSA) is 75.9 Å². The van der Waals surface area contributed by atoms with Crippen molar-refractivity contribution < 1.29 is 4.52 Å². The highest BCUT2D eigenvalue weighted by molar-refractivity contribution is 5.92. The second kappa shape index (κ2) is 2.51. The molecule has 0 aliphatic heterocycles. The van der Waals surface area contributed by atoms with Gasteiger partial charge in [0.2, 0.25) is 0 Å². The number of nitrogens with zero attached hydrogens (tertiary/aromatic N) is 1. The Bertz CT molecular complexity index is 241. The standard InChI is InChI=1S/C6H9N3O/c1-2-4-3-5(6(7)8)9-10-4/h3H,2H2,1H3,(H3,7,8). The zero-order chi connectivity index (χ0) is 7.56. The number of nitrogen functional groups attached to an aromatic ring is 1. The third-order valence-corrected chi connectivity index (χ3v) is 1.18. The maximum absolute atomic E-state index is 6.98. The molecule has 0 aliphatic rings. The van der Waals surface area contributed by atoms with E-state index in [1.54, 1.807) is 6.07 Å². The van der Waals surface area contributed by atoms with Crippen LogP contribution in [0.1, 0.15) is 18.4 Å². The Hall–Kier alpha value is -1.32. The molecule has 0 saturated carbocycles. The Morgan fingerprint density at radius 1 is 1.90 bits per heavy atom. The Morgan fingerprint density at radius 3 is 2.90 bits per heavy atom. The molecule has 1 aromatic heterocycles. The van der Waals surface area contributed by atoms with Gasteiger partial charge in [0.25, 0.3) is 0 Å². The van der Waals surface area contributed by atoms with Gasteiger partial charge in [-0.05, 0) is 0 Å². The molecule has 1 aromatic rings. The summed E-state index contributed by atoms with van der Waals surface area (Å²) in [7, 11) is 0. The third-order valence-electron chi connectivity index (χ3n) is 1.18. The Kier molecular flexibility index (Phi) is 1.71. The van der Waals surface area contributed by atoms with E-state index in [4.69, 9.17) is 15.7 Å². The van der Waals surface area contributed by atoms with E-state index in [1.807, 2.05) is 6.92 Å². The van der Waals surface area contributed by atoms with Gasteiger partial charge < -0.3 is 10.3 Å². The van der Waals surface area contributed by atoms with E-state index in [1.165, 1.54) is 0 Å². The van der Waals surface area contributed by atoms with Crippen LogP contribution in [0.4, 0.5) is 0 Å². The van der Waals surface area contributed by atoms with Gasteiger partial charge in [0.15, 0.2) is 0 Å². The number of nitrogens with two attached hydrogens (primary N) is 1. The zero-order valence-electron chi connectivity index (χ0n) is 5.72. The van der Waals surface area contributed by atoms with Crippen molar-refractivity contribution in [3.05, 3.63) is 17.5 Å². The quantitative estimate of drug-likeness (QED) is 0.463. The molecule has 0 amide bonds. The molecule has 1 heterocycles. The highest BCUT2D eigenvalue weighted by Gasteiger charge is 2.02. The second-order valence-electron chi connectivity index (χ2n) is 1.95. The van der Waals surface area contributed by atoms with E-state index in [0.29, 0.717) is 5.69 Å². The molecule has 10 heavy (non-hydrogen) atoms. The SMILES string of the molecule is CCc1cc(C(=N)N)no1. The molecule has 54 valence electrons. The number of amidine groups is 1. The molecule has 0 aliphatic carbocycles. The van der Waals surface area contributed by atoms with Crippen molar-refractivity contribution in [2.45, 2.75) is 13.3 Å². The summed E-state index contributed by atoms with van der Waals surface area (Å²) >= 11 is 0. The molecular formula is C6H9N3O. The summed E-state index contributed by atoms with van der Waals surface area (Å²) in [6.45, 7) is 1.95. The van der Waals surface area contributed by atoms with Crippen molar-refractivity contribution in [2.24, 2.45) is 5.73 Å². The summed E-state index contributed by atoms with van der Waals surface area (Å²) in [5.41, 5.74) is 5.56. The minimum absolute atomic E-state index is 0.0524. The third kappa shape index (κ3) is 1.15. The lowest BCUT2D eigenvalue weighted by molar-refractivity contribution is 0.385. The van der Waals surface area contributed by atoms with Crippen LogP contribution in [0.2, 0.25) is 0 Å². The molecule has 4 nitrogen and oxygen atoms in total. The summed E-state index contributed by atoms with van der Waals surface area (Å²) < 4.78 is 4.80. The van der Waals surface area contributed by atoms with Crippen molar-refractivity contribution in [1.82, 2.24) is 5.16 Å². The fourth-order valence-corrected chi connectivity index (χ4v) is 0.607. The molecule has 0 bridgehead atoms.